The van der Waals surface area contributed by atoms with Gasteiger partial charge in [-0.3, -0.25) is 4.79 Å². The zero-order valence-corrected chi connectivity index (χ0v) is 13.6. The number of halogens is 2. The molecule has 0 bridgehead atoms. The van der Waals surface area contributed by atoms with Crippen molar-refractivity contribution in [1.82, 2.24) is 10.6 Å². The topological polar surface area (TPSA) is 70.2 Å². The molecule has 3 N–H and O–H groups in total. The van der Waals surface area contributed by atoms with Gasteiger partial charge in [-0.2, -0.15) is 0 Å². The second-order valence-corrected chi connectivity index (χ2v) is 5.41. The molecule has 2 rings (SSSR count). The molecule has 0 atom stereocenters. The van der Waals surface area contributed by atoms with Gasteiger partial charge >= 0.3 is 6.03 Å². The molecule has 2 aromatic carbocycles. The van der Waals surface area contributed by atoms with E-state index < -0.39 is 11.7 Å². The van der Waals surface area contributed by atoms with Crippen LogP contribution >= 0.6 is 11.6 Å². The number of nitrogens with one attached hydrogen (secondary N) is 3. The molecule has 0 saturated carbocycles. The summed E-state index contributed by atoms with van der Waals surface area (Å²) >= 11 is 5.76. The van der Waals surface area contributed by atoms with Crippen molar-refractivity contribution < 1.29 is 14.0 Å². The molecule has 0 unspecified atom stereocenters. The highest BCUT2D eigenvalue weighted by Gasteiger charge is 2.09. The predicted octanol–water partition coefficient (Wildman–Crippen LogP) is 3.42. The fourth-order valence-corrected chi connectivity index (χ4v) is 2.07. The highest BCUT2D eigenvalue weighted by atomic mass is 35.5. The van der Waals surface area contributed by atoms with Gasteiger partial charge in [0, 0.05) is 23.8 Å². The minimum absolute atomic E-state index is 0.00550. The maximum absolute atomic E-state index is 13.4. The summed E-state index contributed by atoms with van der Waals surface area (Å²) in [6, 6.07) is 12.2. The molecule has 0 saturated heterocycles. The van der Waals surface area contributed by atoms with Crippen LogP contribution in [0.5, 0.6) is 0 Å². The van der Waals surface area contributed by atoms with Gasteiger partial charge in [-0.1, -0.05) is 23.7 Å². The summed E-state index contributed by atoms with van der Waals surface area (Å²) in [5.41, 5.74) is 0.635. The van der Waals surface area contributed by atoms with Crippen LogP contribution in [0.15, 0.2) is 48.5 Å². The summed E-state index contributed by atoms with van der Waals surface area (Å²) in [6.45, 7) is 0.700. The lowest BCUT2D eigenvalue weighted by molar-refractivity contribution is 0.0949. The molecule has 2 aromatic rings. The molecule has 0 aliphatic carbocycles. The molecule has 0 aliphatic rings. The Kier molecular flexibility index (Phi) is 6.57. The van der Waals surface area contributed by atoms with Crippen molar-refractivity contribution in [3.05, 3.63) is 64.9 Å². The van der Waals surface area contributed by atoms with E-state index in [1.165, 1.54) is 18.2 Å². The van der Waals surface area contributed by atoms with Crippen molar-refractivity contribution in [2.45, 2.75) is 6.42 Å². The van der Waals surface area contributed by atoms with Gasteiger partial charge in [-0.25, -0.2) is 9.18 Å². The Balaban J connectivity index is 1.64. The van der Waals surface area contributed by atoms with E-state index in [2.05, 4.69) is 16.0 Å². The van der Waals surface area contributed by atoms with E-state index in [4.69, 9.17) is 11.6 Å². The van der Waals surface area contributed by atoms with Crippen LogP contribution in [0.2, 0.25) is 5.02 Å². The lowest BCUT2D eigenvalue weighted by Crippen LogP contribution is -2.32. The summed E-state index contributed by atoms with van der Waals surface area (Å²) < 4.78 is 13.4. The van der Waals surface area contributed by atoms with Crippen molar-refractivity contribution in [2.75, 3.05) is 18.4 Å². The Hall–Kier alpha value is -2.60. The monoisotopic (exact) mass is 349 g/mol. The van der Waals surface area contributed by atoms with Crippen LogP contribution in [0.4, 0.5) is 14.9 Å². The van der Waals surface area contributed by atoms with Crippen LogP contribution in [-0.4, -0.2) is 25.0 Å². The zero-order valence-electron chi connectivity index (χ0n) is 12.8. The van der Waals surface area contributed by atoms with E-state index in [1.807, 2.05) is 0 Å². The van der Waals surface area contributed by atoms with Crippen molar-refractivity contribution >= 4 is 29.2 Å². The van der Waals surface area contributed by atoms with E-state index in [9.17, 15) is 14.0 Å². The molecule has 3 amide bonds. The average Bonchev–Trinajstić information content (AvgIpc) is 2.57. The number of hydrogen-bond acceptors (Lipinski definition) is 2. The standard InChI is InChI=1S/C17H17ClFN3O2/c18-12-6-8-13(9-7-12)22-17(24)21-11-3-10-20-16(23)14-4-1-2-5-15(14)19/h1-2,4-9H,3,10-11H2,(H,20,23)(H2,21,22,24). The molecular formula is C17H17ClFN3O2. The largest absolute Gasteiger partial charge is 0.352 e. The molecule has 24 heavy (non-hydrogen) atoms. The van der Waals surface area contributed by atoms with Crippen molar-refractivity contribution in [3.63, 3.8) is 0 Å². The lowest BCUT2D eigenvalue weighted by atomic mass is 10.2. The van der Waals surface area contributed by atoms with Crippen molar-refractivity contribution in [1.29, 1.82) is 0 Å². The molecule has 0 aromatic heterocycles. The smallest absolute Gasteiger partial charge is 0.319 e. The maximum atomic E-state index is 13.4. The van der Waals surface area contributed by atoms with Crippen LogP contribution in [0.3, 0.4) is 0 Å². The molecule has 126 valence electrons. The molecule has 0 radical (unpaired) electrons. The Morgan fingerprint density at radius 2 is 1.62 bits per heavy atom. The first-order valence-corrected chi connectivity index (χ1v) is 7.77. The first kappa shape index (κ1) is 17.7. The van der Waals surface area contributed by atoms with Gasteiger partial charge in [0.15, 0.2) is 0 Å². The van der Waals surface area contributed by atoms with Gasteiger partial charge in [-0.15, -0.1) is 0 Å². The quantitative estimate of drug-likeness (QED) is 0.699. The highest BCUT2D eigenvalue weighted by Crippen LogP contribution is 2.13. The summed E-state index contributed by atoms with van der Waals surface area (Å²) in [4.78, 5) is 23.4. The third kappa shape index (κ3) is 5.55. The van der Waals surface area contributed by atoms with Crippen LogP contribution in [0.25, 0.3) is 0 Å². The summed E-state index contributed by atoms with van der Waals surface area (Å²) in [7, 11) is 0. The molecule has 0 fully saturated rings. The molecule has 5 nitrogen and oxygen atoms in total. The number of hydrogen-bond donors (Lipinski definition) is 3. The fourth-order valence-electron chi connectivity index (χ4n) is 1.94. The van der Waals surface area contributed by atoms with Gasteiger partial charge in [0.1, 0.15) is 5.82 Å². The number of anilines is 1. The second-order valence-electron chi connectivity index (χ2n) is 4.98. The Labute approximate surface area is 144 Å². The van der Waals surface area contributed by atoms with Crippen LogP contribution in [-0.2, 0) is 0 Å². The SMILES string of the molecule is O=C(NCCCNC(=O)c1ccccc1F)Nc1ccc(Cl)cc1. The normalized spacial score (nSPS) is 10.1. The van der Waals surface area contributed by atoms with Gasteiger partial charge < -0.3 is 16.0 Å². The lowest BCUT2D eigenvalue weighted by Gasteiger charge is -2.09. The fraction of sp³-hybridized carbons (Fsp3) is 0.176. The Bertz CT molecular complexity index is 707. The Morgan fingerprint density at radius 1 is 0.958 bits per heavy atom. The summed E-state index contributed by atoms with van der Waals surface area (Å²) in [5, 5.41) is 8.51. The number of amides is 3. The van der Waals surface area contributed by atoms with Gasteiger partial charge in [0.05, 0.1) is 5.56 Å². The number of carbonyl (C=O) groups is 2. The predicted molar refractivity (Wildman–Crippen MR) is 91.8 cm³/mol. The minimum Gasteiger partial charge on any atom is -0.352 e. The molecular weight excluding hydrogens is 333 g/mol. The summed E-state index contributed by atoms with van der Waals surface area (Å²) in [6.07, 6.45) is 0.522. The van der Waals surface area contributed by atoms with E-state index in [-0.39, 0.29) is 11.6 Å². The first-order chi connectivity index (χ1) is 11.6. The third-order valence-corrected chi connectivity index (χ3v) is 3.40. The van der Waals surface area contributed by atoms with Crippen molar-refractivity contribution in [3.8, 4) is 0 Å². The van der Waals surface area contributed by atoms with Crippen LogP contribution in [0.1, 0.15) is 16.8 Å². The van der Waals surface area contributed by atoms with E-state index in [1.54, 1.807) is 30.3 Å². The van der Waals surface area contributed by atoms with E-state index in [0.717, 1.165) is 0 Å². The van der Waals surface area contributed by atoms with E-state index in [0.29, 0.717) is 30.2 Å². The second kappa shape index (κ2) is 8.88. The number of urea groups is 1. The number of carbonyl (C=O) groups excluding carboxylic acids is 2. The number of rotatable bonds is 6. The molecule has 7 heteroatoms. The molecule has 0 aliphatic heterocycles. The molecule has 0 heterocycles. The summed E-state index contributed by atoms with van der Waals surface area (Å²) in [5.74, 6) is -1.03. The average molecular weight is 350 g/mol. The van der Waals surface area contributed by atoms with Gasteiger partial charge in [-0.05, 0) is 42.8 Å². The van der Waals surface area contributed by atoms with Gasteiger partial charge in [0.2, 0.25) is 0 Å². The minimum atomic E-state index is -0.560. The third-order valence-electron chi connectivity index (χ3n) is 3.15. The van der Waals surface area contributed by atoms with Crippen LogP contribution in [0, 0.1) is 5.82 Å². The number of benzene rings is 2. The first-order valence-electron chi connectivity index (χ1n) is 7.39. The van der Waals surface area contributed by atoms with E-state index >= 15 is 0 Å². The maximum Gasteiger partial charge on any atom is 0.319 e. The highest BCUT2D eigenvalue weighted by molar-refractivity contribution is 6.30. The Morgan fingerprint density at radius 3 is 2.33 bits per heavy atom. The van der Waals surface area contributed by atoms with Crippen LogP contribution < -0.4 is 16.0 Å². The zero-order chi connectivity index (χ0) is 17.4. The van der Waals surface area contributed by atoms with Crippen molar-refractivity contribution in [2.24, 2.45) is 0 Å². The molecule has 0 spiro atoms. The van der Waals surface area contributed by atoms with Gasteiger partial charge in [0.25, 0.3) is 5.91 Å².